The van der Waals surface area contributed by atoms with Crippen LogP contribution in [-0.4, -0.2) is 43.6 Å². The van der Waals surface area contributed by atoms with Gasteiger partial charge in [-0.25, -0.2) is 4.98 Å². The summed E-state index contributed by atoms with van der Waals surface area (Å²) in [5.74, 6) is 0.314. The van der Waals surface area contributed by atoms with Crippen LogP contribution in [0.3, 0.4) is 0 Å². The van der Waals surface area contributed by atoms with Crippen LogP contribution in [0.25, 0.3) is 0 Å². The summed E-state index contributed by atoms with van der Waals surface area (Å²) in [6.45, 7) is 1.85. The molecule has 2 N–H and O–H groups in total. The van der Waals surface area contributed by atoms with Crippen molar-refractivity contribution in [3.8, 4) is 0 Å². The van der Waals surface area contributed by atoms with Crippen LogP contribution in [0.4, 0.5) is 17.2 Å². The van der Waals surface area contributed by atoms with Gasteiger partial charge >= 0.3 is 0 Å². The first kappa shape index (κ1) is 18.8. The van der Waals surface area contributed by atoms with Gasteiger partial charge in [-0.1, -0.05) is 0 Å². The first-order valence-electron chi connectivity index (χ1n) is 9.07. The Kier molecular flexibility index (Phi) is 6.38. The maximum atomic E-state index is 12.8. The van der Waals surface area contributed by atoms with Crippen LogP contribution in [0.15, 0.2) is 42.6 Å². The van der Waals surface area contributed by atoms with E-state index in [2.05, 4.69) is 20.5 Å². The van der Waals surface area contributed by atoms with Crippen molar-refractivity contribution in [1.29, 1.82) is 0 Å². The minimum atomic E-state index is -0.226. The molecule has 1 aromatic carbocycles. The molecule has 1 fully saturated rings. The summed E-state index contributed by atoms with van der Waals surface area (Å²) in [7, 11) is 1.47. The number of piperidine rings is 1. The van der Waals surface area contributed by atoms with E-state index in [9.17, 15) is 9.59 Å². The molecule has 7 nitrogen and oxygen atoms in total. The molecule has 1 aromatic heterocycles. The zero-order valence-electron chi connectivity index (χ0n) is 15.4. The second kappa shape index (κ2) is 9.14. The molecule has 0 aliphatic carbocycles. The molecule has 7 heteroatoms. The normalized spacial score (nSPS) is 13.9. The molecule has 0 bridgehead atoms. The number of anilines is 3. The number of ether oxygens (including phenoxy) is 1. The zero-order valence-corrected chi connectivity index (χ0v) is 15.4. The number of carbonyl (C=O) groups excluding carboxylic acids is 2. The predicted molar refractivity (Wildman–Crippen MR) is 105 cm³/mol. The third kappa shape index (κ3) is 5.04. The fourth-order valence-electron chi connectivity index (χ4n) is 3.10. The van der Waals surface area contributed by atoms with Gasteiger partial charge in [0.25, 0.3) is 5.91 Å². The lowest BCUT2D eigenvalue weighted by Crippen LogP contribution is -2.32. The number of nitrogens with zero attached hydrogens (tertiary/aromatic N) is 2. The van der Waals surface area contributed by atoms with Crippen molar-refractivity contribution in [3.63, 3.8) is 0 Å². The maximum Gasteiger partial charge on any atom is 0.259 e. The lowest BCUT2D eigenvalue weighted by Gasteiger charge is -2.29. The topological polar surface area (TPSA) is 83.6 Å². The largest absolute Gasteiger partial charge is 0.375 e. The number of hydrogen-bond acceptors (Lipinski definition) is 5. The number of amides is 2. The molecule has 0 radical (unpaired) electrons. The number of benzene rings is 1. The maximum absolute atomic E-state index is 12.8. The number of aromatic nitrogens is 1. The van der Waals surface area contributed by atoms with Crippen LogP contribution in [0.2, 0.25) is 0 Å². The summed E-state index contributed by atoms with van der Waals surface area (Å²) in [5.41, 5.74) is 1.86. The lowest BCUT2D eigenvalue weighted by molar-refractivity contribution is -0.119. The Morgan fingerprint density at radius 1 is 1.04 bits per heavy atom. The highest BCUT2D eigenvalue weighted by Gasteiger charge is 2.19. The number of rotatable bonds is 6. The Morgan fingerprint density at radius 2 is 1.70 bits per heavy atom. The third-order valence-corrected chi connectivity index (χ3v) is 4.39. The molecule has 0 spiro atoms. The average Bonchev–Trinajstić information content (AvgIpc) is 2.70. The summed E-state index contributed by atoms with van der Waals surface area (Å²) >= 11 is 0. The van der Waals surface area contributed by atoms with Crippen molar-refractivity contribution < 1.29 is 14.3 Å². The van der Waals surface area contributed by atoms with Crippen molar-refractivity contribution in [2.45, 2.75) is 19.3 Å². The van der Waals surface area contributed by atoms with Crippen molar-refractivity contribution in [3.05, 3.63) is 48.2 Å². The third-order valence-electron chi connectivity index (χ3n) is 4.39. The zero-order chi connectivity index (χ0) is 19.1. The van der Waals surface area contributed by atoms with Gasteiger partial charge in [0, 0.05) is 37.8 Å². The molecule has 2 heterocycles. The molecule has 0 unspecified atom stereocenters. The van der Waals surface area contributed by atoms with Gasteiger partial charge in [0.1, 0.15) is 12.4 Å². The number of nitrogens with one attached hydrogen (secondary N) is 2. The van der Waals surface area contributed by atoms with Crippen LogP contribution in [-0.2, 0) is 9.53 Å². The molecule has 1 saturated heterocycles. The van der Waals surface area contributed by atoms with Crippen LogP contribution < -0.4 is 15.5 Å². The van der Waals surface area contributed by atoms with Gasteiger partial charge in [-0.15, -0.1) is 0 Å². The van der Waals surface area contributed by atoms with E-state index in [-0.39, 0.29) is 18.4 Å². The van der Waals surface area contributed by atoms with E-state index < -0.39 is 0 Å². The van der Waals surface area contributed by atoms with E-state index >= 15 is 0 Å². The SMILES string of the molecule is COCC(=O)Nc1ccc(NC(=O)c2cccnc2N2CCCCC2)cc1. The molecule has 0 atom stereocenters. The highest BCUT2D eigenvalue weighted by molar-refractivity contribution is 6.07. The van der Waals surface area contributed by atoms with Crippen LogP contribution in [0.1, 0.15) is 29.6 Å². The quantitative estimate of drug-likeness (QED) is 0.819. The fourth-order valence-corrected chi connectivity index (χ4v) is 3.10. The van der Waals surface area contributed by atoms with E-state index in [1.165, 1.54) is 13.5 Å². The summed E-state index contributed by atoms with van der Waals surface area (Å²) in [5, 5.41) is 5.61. The summed E-state index contributed by atoms with van der Waals surface area (Å²) < 4.78 is 4.78. The Morgan fingerprint density at radius 3 is 2.37 bits per heavy atom. The van der Waals surface area contributed by atoms with Crippen molar-refractivity contribution in [2.24, 2.45) is 0 Å². The van der Waals surface area contributed by atoms with E-state index in [1.54, 1.807) is 42.6 Å². The highest BCUT2D eigenvalue weighted by atomic mass is 16.5. The molecular weight excluding hydrogens is 344 g/mol. The fraction of sp³-hybridized carbons (Fsp3) is 0.350. The van der Waals surface area contributed by atoms with Crippen molar-refractivity contribution >= 4 is 29.0 Å². The van der Waals surface area contributed by atoms with Gasteiger partial charge < -0.3 is 20.3 Å². The van der Waals surface area contributed by atoms with Crippen LogP contribution in [0.5, 0.6) is 0 Å². The standard InChI is InChI=1S/C20H24N4O3/c1-27-14-18(25)22-15-7-9-16(10-8-15)23-20(26)17-6-5-11-21-19(17)24-12-3-2-4-13-24/h5-11H,2-4,12-14H2,1H3,(H,22,25)(H,23,26). The van der Waals surface area contributed by atoms with E-state index in [0.29, 0.717) is 16.9 Å². The Hall–Kier alpha value is -2.93. The first-order valence-corrected chi connectivity index (χ1v) is 9.07. The Balaban J connectivity index is 1.68. The smallest absolute Gasteiger partial charge is 0.259 e. The van der Waals surface area contributed by atoms with E-state index in [4.69, 9.17) is 4.74 Å². The number of pyridine rings is 1. The van der Waals surface area contributed by atoms with Gasteiger partial charge in [-0.05, 0) is 55.7 Å². The van der Waals surface area contributed by atoms with Gasteiger partial charge in [-0.3, -0.25) is 9.59 Å². The van der Waals surface area contributed by atoms with Gasteiger partial charge in [0.2, 0.25) is 5.91 Å². The minimum Gasteiger partial charge on any atom is -0.375 e. The lowest BCUT2D eigenvalue weighted by atomic mass is 10.1. The first-order chi connectivity index (χ1) is 13.2. The van der Waals surface area contributed by atoms with E-state index in [0.717, 1.165) is 31.7 Å². The van der Waals surface area contributed by atoms with Crippen molar-refractivity contribution in [1.82, 2.24) is 4.98 Å². The molecule has 0 saturated carbocycles. The number of hydrogen-bond donors (Lipinski definition) is 2. The molecule has 142 valence electrons. The molecule has 1 aliphatic rings. The molecule has 1 aliphatic heterocycles. The van der Waals surface area contributed by atoms with Gasteiger partial charge in [0.05, 0.1) is 5.56 Å². The minimum absolute atomic E-state index is 0.00122. The Bertz CT molecular complexity index is 786. The summed E-state index contributed by atoms with van der Waals surface area (Å²) in [6.07, 6.45) is 5.18. The van der Waals surface area contributed by atoms with Gasteiger partial charge in [-0.2, -0.15) is 0 Å². The second-order valence-corrected chi connectivity index (χ2v) is 6.43. The van der Waals surface area contributed by atoms with Crippen molar-refractivity contribution in [2.75, 3.05) is 42.3 Å². The molecule has 2 aromatic rings. The summed E-state index contributed by atoms with van der Waals surface area (Å²) in [4.78, 5) is 30.9. The molecule has 27 heavy (non-hydrogen) atoms. The molecular formula is C20H24N4O3. The molecule has 2 amide bonds. The van der Waals surface area contributed by atoms with Crippen LogP contribution in [0, 0.1) is 0 Å². The predicted octanol–water partition coefficient (Wildman–Crippen LogP) is 2.91. The second-order valence-electron chi connectivity index (χ2n) is 6.43. The monoisotopic (exact) mass is 368 g/mol. The number of methoxy groups -OCH3 is 1. The highest BCUT2D eigenvalue weighted by Crippen LogP contribution is 2.23. The summed E-state index contributed by atoms with van der Waals surface area (Å²) in [6, 6.07) is 10.5. The van der Waals surface area contributed by atoms with E-state index in [1.807, 2.05) is 0 Å². The molecule has 3 rings (SSSR count). The Labute approximate surface area is 158 Å². The van der Waals surface area contributed by atoms with Crippen LogP contribution >= 0.6 is 0 Å². The average molecular weight is 368 g/mol. The van der Waals surface area contributed by atoms with Gasteiger partial charge in [0.15, 0.2) is 0 Å². The number of carbonyl (C=O) groups is 2.